The van der Waals surface area contributed by atoms with E-state index in [1.54, 1.807) is 4.90 Å². The molecule has 7 nitrogen and oxygen atoms in total. The molecule has 0 radical (unpaired) electrons. The average Bonchev–Trinajstić information content (AvgIpc) is 3.21. The van der Waals surface area contributed by atoms with E-state index in [1.807, 2.05) is 90.7 Å². The molecule has 4 aromatic rings. The lowest BCUT2D eigenvalue weighted by Crippen LogP contribution is -2.54. The Morgan fingerprint density at radius 2 is 1.55 bits per heavy atom. The molecule has 0 saturated heterocycles. The van der Waals surface area contributed by atoms with Gasteiger partial charge in [-0.15, -0.1) is 0 Å². The van der Waals surface area contributed by atoms with Gasteiger partial charge < -0.3 is 20.9 Å². The second-order valence-corrected chi connectivity index (χ2v) is 13.6. The molecule has 266 valence electrons. The first-order valence-corrected chi connectivity index (χ1v) is 17.6. The van der Waals surface area contributed by atoms with Crippen LogP contribution in [0.3, 0.4) is 0 Å². The van der Waals surface area contributed by atoms with Crippen LogP contribution in [-0.2, 0) is 27.1 Å². The minimum Gasteiger partial charge on any atom is -0.369 e. The summed E-state index contributed by atoms with van der Waals surface area (Å²) in [6, 6.07) is 28.6. The smallest absolute Gasteiger partial charge is 0.369 e. The molecule has 51 heavy (non-hydrogen) atoms. The number of para-hydroxylation sites is 3. The van der Waals surface area contributed by atoms with Gasteiger partial charge in [-0.3, -0.25) is 14.4 Å². The molecular weight excluding hydrogens is 653 g/mol. The zero-order chi connectivity index (χ0) is 36.1. The van der Waals surface area contributed by atoms with E-state index < -0.39 is 35.5 Å². The van der Waals surface area contributed by atoms with E-state index in [9.17, 15) is 27.6 Å². The van der Waals surface area contributed by atoms with Crippen LogP contribution < -0.4 is 20.9 Å². The Balaban J connectivity index is 1.36. The van der Waals surface area contributed by atoms with Crippen LogP contribution in [0.5, 0.6) is 0 Å². The number of hydrogen-bond acceptors (Lipinski definition) is 4. The lowest BCUT2D eigenvalue weighted by Gasteiger charge is -2.33. The van der Waals surface area contributed by atoms with Gasteiger partial charge in [-0.25, -0.2) is 0 Å². The van der Waals surface area contributed by atoms with Gasteiger partial charge in [-0.2, -0.15) is 13.2 Å². The number of nitrogens with one attached hydrogen (secondary N) is 1. The fourth-order valence-electron chi connectivity index (χ4n) is 7.27. The van der Waals surface area contributed by atoms with Gasteiger partial charge in [0.05, 0.1) is 30.0 Å². The SMILES string of the molecule is CCC[C@H](C(N)=O)[C@@H](CC1CCC1)C(=O)NC1CN(c2ccccc2)c2ccccc2N(Cc2cccc(-c3ccc(C(F)(F)F)cc3)c2)C1=O. The number of nitrogens with zero attached hydrogens (tertiary/aromatic N) is 2. The van der Waals surface area contributed by atoms with Gasteiger partial charge in [0.25, 0.3) is 5.91 Å². The number of amides is 3. The largest absolute Gasteiger partial charge is 0.416 e. The second-order valence-electron chi connectivity index (χ2n) is 13.6. The third kappa shape index (κ3) is 8.11. The predicted octanol–water partition coefficient (Wildman–Crippen LogP) is 8.25. The topological polar surface area (TPSA) is 95.7 Å². The third-order valence-electron chi connectivity index (χ3n) is 10.2. The summed E-state index contributed by atoms with van der Waals surface area (Å²) in [5.41, 5.74) is 9.50. The first-order valence-electron chi connectivity index (χ1n) is 17.6. The molecule has 1 aliphatic carbocycles. The number of carbonyl (C=O) groups is 3. The van der Waals surface area contributed by atoms with Crippen molar-refractivity contribution in [3.05, 3.63) is 114 Å². The maximum Gasteiger partial charge on any atom is 0.416 e. The average molecular weight is 697 g/mol. The van der Waals surface area contributed by atoms with Crippen molar-refractivity contribution >= 4 is 34.8 Å². The molecule has 10 heteroatoms. The van der Waals surface area contributed by atoms with Gasteiger partial charge in [0.2, 0.25) is 11.8 Å². The van der Waals surface area contributed by atoms with Crippen molar-refractivity contribution in [2.45, 2.75) is 64.2 Å². The predicted molar refractivity (Wildman–Crippen MR) is 193 cm³/mol. The van der Waals surface area contributed by atoms with Crippen molar-refractivity contribution in [3.63, 3.8) is 0 Å². The highest BCUT2D eigenvalue weighted by Crippen LogP contribution is 2.40. The standard InChI is InChI=1S/C41H43F3N4O3/c1-2-10-33(38(45)49)34(24-27-11-8-12-27)39(50)46-35-26-47(32-15-4-3-5-16-32)36-17-6-7-18-37(36)48(40(35)51)25-28-13-9-14-30(23-28)29-19-21-31(22-20-29)41(42,43)44/h3-7,9,13-23,27,33-35H,2,8,10-12,24-26H2,1H3,(H2,45,49)(H,46,50)/t33-,34+,35?/m0/s1. The molecule has 0 spiro atoms. The summed E-state index contributed by atoms with van der Waals surface area (Å²) in [7, 11) is 0. The summed E-state index contributed by atoms with van der Waals surface area (Å²) in [5, 5.41) is 3.09. The zero-order valence-corrected chi connectivity index (χ0v) is 28.6. The van der Waals surface area contributed by atoms with Crippen LogP contribution >= 0.6 is 0 Å². The summed E-state index contributed by atoms with van der Waals surface area (Å²) in [5.74, 6) is -2.12. The molecule has 1 unspecified atom stereocenters. The molecule has 4 aromatic carbocycles. The quantitative estimate of drug-likeness (QED) is 0.156. The van der Waals surface area contributed by atoms with Crippen molar-refractivity contribution in [1.82, 2.24) is 5.32 Å². The number of alkyl halides is 3. The van der Waals surface area contributed by atoms with Crippen LogP contribution in [0.4, 0.5) is 30.2 Å². The molecule has 0 aromatic heterocycles. The van der Waals surface area contributed by atoms with Gasteiger partial charge in [-0.1, -0.05) is 93.3 Å². The molecule has 2 aliphatic rings. The van der Waals surface area contributed by atoms with E-state index in [2.05, 4.69) is 5.32 Å². The molecular formula is C41H43F3N4O3. The highest BCUT2D eigenvalue weighted by Gasteiger charge is 2.40. The van der Waals surface area contributed by atoms with Gasteiger partial charge in [0, 0.05) is 17.5 Å². The summed E-state index contributed by atoms with van der Waals surface area (Å²) in [4.78, 5) is 45.4. The van der Waals surface area contributed by atoms with E-state index in [0.717, 1.165) is 48.3 Å². The van der Waals surface area contributed by atoms with E-state index in [-0.39, 0.29) is 24.9 Å². The normalized spacial score (nSPS) is 17.6. The second kappa shape index (κ2) is 15.4. The molecule has 1 heterocycles. The van der Waals surface area contributed by atoms with Crippen LogP contribution in [0, 0.1) is 17.8 Å². The molecule has 3 amide bonds. The summed E-state index contributed by atoms with van der Waals surface area (Å²) in [6.07, 6.45) is 0.384. The number of anilines is 3. The Morgan fingerprint density at radius 3 is 2.18 bits per heavy atom. The number of primary amides is 1. The summed E-state index contributed by atoms with van der Waals surface area (Å²) < 4.78 is 39.7. The number of halogens is 3. The monoisotopic (exact) mass is 696 g/mol. The maximum atomic E-state index is 14.7. The van der Waals surface area contributed by atoms with Crippen molar-refractivity contribution in [1.29, 1.82) is 0 Å². The van der Waals surface area contributed by atoms with Crippen molar-refractivity contribution in [3.8, 4) is 11.1 Å². The maximum absolute atomic E-state index is 14.7. The first kappa shape index (κ1) is 35.7. The first-order chi connectivity index (χ1) is 24.5. The van der Waals surface area contributed by atoms with E-state index in [0.29, 0.717) is 42.0 Å². The molecule has 6 rings (SSSR count). The van der Waals surface area contributed by atoms with Crippen LogP contribution in [0.1, 0.15) is 56.6 Å². The summed E-state index contributed by atoms with van der Waals surface area (Å²) in [6.45, 7) is 2.26. The van der Waals surface area contributed by atoms with Crippen LogP contribution in [0.15, 0.2) is 103 Å². The molecule has 3 N–H and O–H groups in total. The Kier molecular flexibility index (Phi) is 10.8. The number of rotatable bonds is 12. The van der Waals surface area contributed by atoms with Gasteiger partial charge in [0.1, 0.15) is 6.04 Å². The van der Waals surface area contributed by atoms with Gasteiger partial charge >= 0.3 is 6.18 Å². The number of carbonyl (C=O) groups excluding carboxylic acids is 3. The molecule has 1 fully saturated rings. The third-order valence-corrected chi connectivity index (χ3v) is 10.2. The summed E-state index contributed by atoms with van der Waals surface area (Å²) >= 11 is 0. The fraction of sp³-hybridized carbons (Fsp3) is 0.341. The number of fused-ring (bicyclic) bond motifs is 1. The molecule has 3 atom stereocenters. The Morgan fingerprint density at radius 1 is 0.863 bits per heavy atom. The number of hydrogen-bond donors (Lipinski definition) is 2. The van der Waals surface area contributed by atoms with Gasteiger partial charge in [0.15, 0.2) is 0 Å². The van der Waals surface area contributed by atoms with E-state index in [1.165, 1.54) is 12.1 Å². The van der Waals surface area contributed by atoms with Crippen LogP contribution in [-0.4, -0.2) is 30.3 Å². The number of nitrogens with two attached hydrogens (primary N) is 1. The highest BCUT2D eigenvalue weighted by molar-refractivity contribution is 6.04. The van der Waals surface area contributed by atoms with Crippen molar-refractivity contribution in [2.75, 3.05) is 16.3 Å². The van der Waals surface area contributed by atoms with Crippen molar-refractivity contribution < 1.29 is 27.6 Å². The highest BCUT2D eigenvalue weighted by atomic mass is 19.4. The molecule has 0 bridgehead atoms. The lowest BCUT2D eigenvalue weighted by atomic mass is 9.74. The van der Waals surface area contributed by atoms with E-state index >= 15 is 0 Å². The fourth-order valence-corrected chi connectivity index (χ4v) is 7.27. The van der Waals surface area contributed by atoms with Gasteiger partial charge in [-0.05, 0) is 77.9 Å². The van der Waals surface area contributed by atoms with E-state index in [4.69, 9.17) is 5.73 Å². The molecule has 1 saturated carbocycles. The van der Waals surface area contributed by atoms with Crippen LogP contribution in [0.25, 0.3) is 11.1 Å². The van der Waals surface area contributed by atoms with Crippen LogP contribution in [0.2, 0.25) is 0 Å². The number of benzene rings is 4. The Hall–Kier alpha value is -5.12. The minimum atomic E-state index is -4.44. The Bertz CT molecular complexity index is 1840. The lowest BCUT2D eigenvalue weighted by molar-refractivity contribution is -0.137. The minimum absolute atomic E-state index is 0.143. The Labute approximate surface area is 296 Å². The zero-order valence-electron chi connectivity index (χ0n) is 28.6. The molecule has 1 aliphatic heterocycles. The van der Waals surface area contributed by atoms with Crippen molar-refractivity contribution in [2.24, 2.45) is 23.5 Å².